The summed E-state index contributed by atoms with van der Waals surface area (Å²) < 4.78 is 15.6. The van der Waals surface area contributed by atoms with Crippen molar-refractivity contribution in [3.8, 4) is 11.7 Å². The van der Waals surface area contributed by atoms with E-state index in [9.17, 15) is 4.79 Å². The molecule has 1 saturated heterocycles. The summed E-state index contributed by atoms with van der Waals surface area (Å²) in [5, 5.41) is 7.81. The number of hydrogen-bond donors (Lipinski definition) is 0. The molecule has 3 heterocycles. The van der Waals surface area contributed by atoms with Crippen molar-refractivity contribution in [1.82, 2.24) is 10.2 Å². The van der Waals surface area contributed by atoms with Crippen LogP contribution in [0.5, 0.6) is 0 Å². The maximum atomic E-state index is 11.5. The van der Waals surface area contributed by atoms with E-state index in [1.165, 1.54) is 18.0 Å². The maximum Gasteiger partial charge on any atom is 0.320 e. The Hall–Kier alpha value is -1.76. The van der Waals surface area contributed by atoms with Crippen molar-refractivity contribution >= 4 is 17.7 Å². The molecule has 7 heteroatoms. The summed E-state index contributed by atoms with van der Waals surface area (Å²) in [4.78, 5) is 11.5. The van der Waals surface area contributed by atoms with Gasteiger partial charge >= 0.3 is 5.97 Å². The van der Waals surface area contributed by atoms with Crippen LogP contribution in [0.4, 0.5) is 0 Å². The molecule has 1 fully saturated rings. The second-order valence-electron chi connectivity index (χ2n) is 3.94. The summed E-state index contributed by atoms with van der Waals surface area (Å²) in [5.41, 5.74) is 0. The van der Waals surface area contributed by atoms with E-state index in [1.54, 1.807) is 12.1 Å². The average Bonchev–Trinajstić information content (AvgIpc) is 3.02. The molecule has 6 nitrogen and oxygen atoms in total. The molecule has 3 rings (SSSR count). The zero-order valence-electron chi connectivity index (χ0n) is 9.53. The number of cyclic esters (lactones) is 1. The van der Waals surface area contributed by atoms with E-state index in [0.29, 0.717) is 23.3 Å². The van der Waals surface area contributed by atoms with Crippen LogP contribution in [0.2, 0.25) is 0 Å². The number of thioether (sulfide) groups is 1. The molecule has 0 aliphatic carbocycles. The van der Waals surface area contributed by atoms with Crippen molar-refractivity contribution in [1.29, 1.82) is 0 Å². The standard InChI is InChI=1S/C11H10N2O4S/c1-6-5-8(10(14)16-6)18-11-13-12-9(17-11)7-3-2-4-15-7/h2-4,6,8H,5H2,1H3/t6-,8-/m0/s1. The minimum atomic E-state index is -0.273. The summed E-state index contributed by atoms with van der Waals surface area (Å²) in [7, 11) is 0. The summed E-state index contributed by atoms with van der Waals surface area (Å²) in [6.45, 7) is 1.86. The van der Waals surface area contributed by atoms with Crippen LogP contribution >= 0.6 is 11.8 Å². The molecular weight excluding hydrogens is 256 g/mol. The number of nitrogens with zero attached hydrogens (tertiary/aromatic N) is 2. The minimum absolute atomic E-state index is 0.0533. The molecule has 1 aliphatic rings. The van der Waals surface area contributed by atoms with E-state index >= 15 is 0 Å². The first kappa shape index (κ1) is 11.3. The van der Waals surface area contributed by atoms with Crippen LogP contribution in [-0.4, -0.2) is 27.5 Å². The zero-order chi connectivity index (χ0) is 12.5. The molecule has 0 N–H and O–H groups in total. The van der Waals surface area contributed by atoms with Gasteiger partial charge in [0.1, 0.15) is 11.4 Å². The molecule has 2 atom stereocenters. The first-order valence-corrected chi connectivity index (χ1v) is 6.35. The molecular formula is C11H10N2O4S. The number of aromatic nitrogens is 2. The lowest BCUT2D eigenvalue weighted by Gasteiger charge is -1.98. The third-order valence-corrected chi connectivity index (χ3v) is 3.54. The second kappa shape index (κ2) is 4.49. The summed E-state index contributed by atoms with van der Waals surface area (Å²) >= 11 is 1.22. The lowest BCUT2D eigenvalue weighted by atomic mass is 10.3. The Kier molecular flexibility index (Phi) is 2.83. The monoisotopic (exact) mass is 266 g/mol. The smallest absolute Gasteiger partial charge is 0.320 e. The summed E-state index contributed by atoms with van der Waals surface area (Å²) in [6.07, 6.45) is 2.13. The van der Waals surface area contributed by atoms with Crippen molar-refractivity contribution in [3.05, 3.63) is 18.4 Å². The fourth-order valence-electron chi connectivity index (χ4n) is 1.70. The van der Waals surface area contributed by atoms with Crippen molar-refractivity contribution in [2.75, 3.05) is 0 Å². The number of rotatable bonds is 3. The van der Waals surface area contributed by atoms with Gasteiger partial charge in [-0.3, -0.25) is 4.79 Å². The highest BCUT2D eigenvalue weighted by atomic mass is 32.2. The van der Waals surface area contributed by atoms with Crippen molar-refractivity contribution in [3.63, 3.8) is 0 Å². The van der Waals surface area contributed by atoms with Crippen LogP contribution in [0.3, 0.4) is 0 Å². The fraction of sp³-hybridized carbons (Fsp3) is 0.364. The van der Waals surface area contributed by atoms with Gasteiger partial charge in [-0.25, -0.2) is 0 Å². The van der Waals surface area contributed by atoms with Gasteiger partial charge in [0.05, 0.1) is 6.26 Å². The van der Waals surface area contributed by atoms with Gasteiger partial charge in [0.15, 0.2) is 5.76 Å². The highest BCUT2D eigenvalue weighted by molar-refractivity contribution is 8.00. The van der Waals surface area contributed by atoms with Gasteiger partial charge in [-0.2, -0.15) is 0 Å². The molecule has 0 aromatic carbocycles. The van der Waals surface area contributed by atoms with Gasteiger partial charge in [-0.05, 0) is 30.8 Å². The predicted octanol–water partition coefficient (Wildman–Crippen LogP) is 2.13. The van der Waals surface area contributed by atoms with Crippen LogP contribution in [0.1, 0.15) is 13.3 Å². The number of carbonyl (C=O) groups is 1. The fourth-order valence-corrected chi connectivity index (χ4v) is 2.67. The van der Waals surface area contributed by atoms with E-state index in [2.05, 4.69) is 10.2 Å². The quantitative estimate of drug-likeness (QED) is 0.787. The number of carbonyl (C=O) groups excluding carboxylic acids is 1. The van der Waals surface area contributed by atoms with Crippen molar-refractivity contribution in [2.24, 2.45) is 0 Å². The number of furan rings is 1. The number of hydrogen-bond acceptors (Lipinski definition) is 7. The minimum Gasteiger partial charge on any atom is -0.462 e. The van der Waals surface area contributed by atoms with Crippen LogP contribution in [-0.2, 0) is 9.53 Å². The Morgan fingerprint density at radius 1 is 1.44 bits per heavy atom. The lowest BCUT2D eigenvalue weighted by Crippen LogP contribution is -2.09. The molecule has 0 unspecified atom stereocenters. The van der Waals surface area contributed by atoms with Gasteiger partial charge in [0, 0.05) is 6.42 Å². The molecule has 18 heavy (non-hydrogen) atoms. The first-order chi connectivity index (χ1) is 8.72. The molecule has 2 aromatic rings. The van der Waals surface area contributed by atoms with Crippen molar-refractivity contribution < 1.29 is 18.4 Å². The maximum absolute atomic E-state index is 11.5. The van der Waals surface area contributed by atoms with Crippen LogP contribution < -0.4 is 0 Å². The summed E-state index contributed by atoms with van der Waals surface area (Å²) in [6, 6.07) is 3.47. The first-order valence-electron chi connectivity index (χ1n) is 5.47. The van der Waals surface area contributed by atoms with Crippen LogP contribution in [0.15, 0.2) is 32.5 Å². The number of ether oxygens (including phenoxy) is 1. The van der Waals surface area contributed by atoms with E-state index < -0.39 is 0 Å². The molecule has 0 bridgehead atoms. The van der Waals surface area contributed by atoms with Gasteiger partial charge < -0.3 is 13.6 Å². The Morgan fingerprint density at radius 3 is 3.00 bits per heavy atom. The van der Waals surface area contributed by atoms with E-state index in [1.807, 2.05) is 6.92 Å². The highest BCUT2D eigenvalue weighted by Gasteiger charge is 2.34. The van der Waals surface area contributed by atoms with E-state index in [-0.39, 0.29) is 17.3 Å². The Bertz CT molecular complexity index is 551. The molecule has 94 valence electrons. The Balaban J connectivity index is 1.73. The molecule has 0 spiro atoms. The molecule has 2 aromatic heterocycles. The molecule has 1 aliphatic heterocycles. The Morgan fingerprint density at radius 2 is 2.33 bits per heavy atom. The second-order valence-corrected chi connectivity index (χ2v) is 5.09. The normalized spacial score (nSPS) is 23.3. The van der Waals surface area contributed by atoms with E-state index in [0.717, 1.165) is 0 Å². The molecule has 0 amide bonds. The zero-order valence-corrected chi connectivity index (χ0v) is 10.3. The van der Waals surface area contributed by atoms with Crippen molar-refractivity contribution in [2.45, 2.75) is 29.9 Å². The Labute approximate surface area is 107 Å². The van der Waals surface area contributed by atoms with Crippen LogP contribution in [0.25, 0.3) is 11.7 Å². The largest absolute Gasteiger partial charge is 0.462 e. The van der Waals surface area contributed by atoms with Gasteiger partial charge in [-0.1, -0.05) is 0 Å². The van der Waals surface area contributed by atoms with Crippen LogP contribution in [0, 0.1) is 0 Å². The average molecular weight is 266 g/mol. The topological polar surface area (TPSA) is 78.4 Å². The van der Waals surface area contributed by atoms with E-state index in [4.69, 9.17) is 13.6 Å². The van der Waals surface area contributed by atoms with Gasteiger partial charge in [0.25, 0.3) is 11.1 Å². The molecule has 0 radical (unpaired) electrons. The lowest BCUT2D eigenvalue weighted by molar-refractivity contribution is -0.140. The molecule has 0 saturated carbocycles. The predicted molar refractivity (Wildman–Crippen MR) is 61.8 cm³/mol. The van der Waals surface area contributed by atoms with Gasteiger partial charge in [-0.15, -0.1) is 10.2 Å². The SMILES string of the molecule is C[C@H]1C[C@H](Sc2nnc(-c3ccco3)o2)C(=O)O1. The third-order valence-electron chi connectivity index (χ3n) is 2.51. The summed E-state index contributed by atoms with van der Waals surface area (Å²) in [5.74, 6) is 0.587. The number of esters is 1. The van der Waals surface area contributed by atoms with Gasteiger partial charge in [0.2, 0.25) is 0 Å². The third kappa shape index (κ3) is 2.13. The highest BCUT2D eigenvalue weighted by Crippen LogP contribution is 2.32.